The van der Waals surface area contributed by atoms with Crippen LogP contribution in [0.5, 0.6) is 11.5 Å². The Hall–Kier alpha value is -3.07. The van der Waals surface area contributed by atoms with Crippen LogP contribution >= 0.6 is 23.5 Å². The van der Waals surface area contributed by atoms with Crippen LogP contribution in [0.3, 0.4) is 0 Å². The lowest BCUT2D eigenvalue weighted by molar-refractivity contribution is 0.405. The van der Waals surface area contributed by atoms with Gasteiger partial charge < -0.3 is 19.9 Å². The van der Waals surface area contributed by atoms with Crippen LogP contribution < -0.4 is 31.3 Å². The third kappa shape index (κ3) is 4.91. The van der Waals surface area contributed by atoms with Gasteiger partial charge in [-0.2, -0.15) is 0 Å². The molecule has 0 bridgehead atoms. The number of anilines is 1. The SMILES string of the molecule is COc1ccc(-c2ccccc2)cc1NSc1cc(/C(N)=N/NN)cc(Cl)c1OC. The molecule has 0 saturated heterocycles. The number of nitrogens with zero attached hydrogens (tertiary/aromatic N) is 1. The summed E-state index contributed by atoms with van der Waals surface area (Å²) in [6, 6.07) is 19.5. The zero-order chi connectivity index (χ0) is 21.5. The summed E-state index contributed by atoms with van der Waals surface area (Å²) in [6.07, 6.45) is 0. The molecule has 0 spiro atoms. The number of benzene rings is 3. The maximum atomic E-state index is 6.37. The maximum Gasteiger partial charge on any atom is 0.152 e. The summed E-state index contributed by atoms with van der Waals surface area (Å²) >= 11 is 7.69. The minimum atomic E-state index is 0.201. The molecular formula is C21H22ClN5O2S. The van der Waals surface area contributed by atoms with Crippen LogP contribution in [0, 0.1) is 0 Å². The number of ether oxygens (including phenoxy) is 2. The van der Waals surface area contributed by atoms with Crippen molar-refractivity contribution in [2.75, 3.05) is 18.9 Å². The average Bonchev–Trinajstić information content (AvgIpc) is 2.77. The average molecular weight is 444 g/mol. The van der Waals surface area contributed by atoms with E-state index in [9.17, 15) is 0 Å². The summed E-state index contributed by atoms with van der Waals surface area (Å²) in [5.41, 5.74) is 11.7. The molecule has 0 unspecified atom stereocenters. The summed E-state index contributed by atoms with van der Waals surface area (Å²) in [5.74, 6) is 6.65. The first-order chi connectivity index (χ1) is 14.6. The van der Waals surface area contributed by atoms with Gasteiger partial charge in [0, 0.05) is 5.56 Å². The highest BCUT2D eigenvalue weighted by atomic mass is 35.5. The van der Waals surface area contributed by atoms with E-state index in [1.807, 2.05) is 42.5 Å². The number of methoxy groups -OCH3 is 2. The van der Waals surface area contributed by atoms with Crippen LogP contribution in [0.2, 0.25) is 5.02 Å². The predicted octanol–water partition coefficient (Wildman–Crippen LogP) is 4.23. The third-order valence-corrected chi connectivity index (χ3v) is 5.40. The molecule has 0 atom stereocenters. The Kier molecular flexibility index (Phi) is 7.29. The topological polar surface area (TPSA) is 107 Å². The molecule has 30 heavy (non-hydrogen) atoms. The Morgan fingerprint density at radius 2 is 1.77 bits per heavy atom. The Bertz CT molecular complexity index is 1050. The van der Waals surface area contributed by atoms with Crippen LogP contribution in [0.25, 0.3) is 11.1 Å². The van der Waals surface area contributed by atoms with Gasteiger partial charge in [-0.15, -0.1) is 5.10 Å². The lowest BCUT2D eigenvalue weighted by Crippen LogP contribution is -2.23. The number of hydrazine groups is 1. The quantitative estimate of drug-likeness (QED) is 0.136. The van der Waals surface area contributed by atoms with Gasteiger partial charge in [-0.1, -0.05) is 48.0 Å². The number of halogens is 1. The van der Waals surface area contributed by atoms with Crippen LogP contribution in [0.4, 0.5) is 5.69 Å². The normalized spacial score (nSPS) is 11.1. The molecule has 0 heterocycles. The number of nitrogens with one attached hydrogen (secondary N) is 2. The highest BCUT2D eigenvalue weighted by Gasteiger charge is 2.15. The third-order valence-electron chi connectivity index (χ3n) is 4.27. The molecule has 3 aromatic carbocycles. The number of rotatable bonds is 8. The molecule has 0 aromatic heterocycles. The molecule has 0 radical (unpaired) electrons. The fourth-order valence-corrected chi connectivity index (χ4v) is 4.04. The molecule has 9 heteroatoms. The molecule has 0 aliphatic rings. The summed E-state index contributed by atoms with van der Waals surface area (Å²) in [4.78, 5) is 0.724. The Balaban J connectivity index is 1.93. The lowest BCUT2D eigenvalue weighted by Gasteiger charge is -2.15. The van der Waals surface area contributed by atoms with Gasteiger partial charge in [-0.3, -0.25) is 0 Å². The van der Waals surface area contributed by atoms with Gasteiger partial charge in [0.15, 0.2) is 11.6 Å². The van der Waals surface area contributed by atoms with E-state index in [1.54, 1.807) is 20.3 Å². The zero-order valence-corrected chi connectivity index (χ0v) is 18.1. The molecule has 156 valence electrons. The summed E-state index contributed by atoms with van der Waals surface area (Å²) < 4.78 is 14.3. The molecule has 0 fully saturated rings. The lowest BCUT2D eigenvalue weighted by atomic mass is 10.1. The van der Waals surface area contributed by atoms with E-state index in [2.05, 4.69) is 27.5 Å². The van der Waals surface area contributed by atoms with Gasteiger partial charge in [0.25, 0.3) is 0 Å². The summed E-state index contributed by atoms with van der Waals surface area (Å²) in [5, 5.41) is 4.20. The minimum Gasteiger partial charge on any atom is -0.495 e. The van der Waals surface area contributed by atoms with Gasteiger partial charge in [0.1, 0.15) is 5.75 Å². The van der Waals surface area contributed by atoms with Crippen LogP contribution in [0.1, 0.15) is 5.56 Å². The van der Waals surface area contributed by atoms with E-state index < -0.39 is 0 Å². The minimum absolute atomic E-state index is 0.201. The second-order valence-corrected chi connectivity index (χ2v) is 7.36. The molecule has 3 rings (SSSR count). The number of hydrogen-bond donors (Lipinski definition) is 4. The Labute approximate surface area is 184 Å². The van der Waals surface area contributed by atoms with Gasteiger partial charge in [-0.25, -0.2) is 11.4 Å². The van der Waals surface area contributed by atoms with Gasteiger partial charge in [-0.05, 0) is 47.3 Å². The van der Waals surface area contributed by atoms with E-state index in [0.717, 1.165) is 21.7 Å². The largest absolute Gasteiger partial charge is 0.495 e. The van der Waals surface area contributed by atoms with Crippen LogP contribution in [-0.2, 0) is 0 Å². The van der Waals surface area contributed by atoms with Crippen molar-refractivity contribution in [2.45, 2.75) is 4.90 Å². The van der Waals surface area contributed by atoms with E-state index in [4.69, 9.17) is 32.7 Å². The molecular weight excluding hydrogens is 422 g/mol. The van der Waals surface area contributed by atoms with Crippen molar-refractivity contribution in [3.8, 4) is 22.6 Å². The van der Waals surface area contributed by atoms with E-state index in [1.165, 1.54) is 11.9 Å². The molecule has 0 aliphatic carbocycles. The van der Waals surface area contributed by atoms with Crippen molar-refractivity contribution in [2.24, 2.45) is 16.7 Å². The van der Waals surface area contributed by atoms with Crippen molar-refractivity contribution in [1.82, 2.24) is 5.53 Å². The molecule has 3 aromatic rings. The highest BCUT2D eigenvalue weighted by Crippen LogP contribution is 2.39. The van der Waals surface area contributed by atoms with Crippen molar-refractivity contribution >= 4 is 35.1 Å². The van der Waals surface area contributed by atoms with Gasteiger partial charge in [0.05, 0.1) is 29.8 Å². The van der Waals surface area contributed by atoms with Gasteiger partial charge in [0.2, 0.25) is 0 Å². The van der Waals surface area contributed by atoms with E-state index >= 15 is 0 Å². The molecule has 7 nitrogen and oxygen atoms in total. The molecule has 0 aliphatic heterocycles. The van der Waals surface area contributed by atoms with E-state index in [0.29, 0.717) is 22.1 Å². The number of amidine groups is 1. The van der Waals surface area contributed by atoms with Crippen molar-refractivity contribution in [1.29, 1.82) is 0 Å². The fourth-order valence-electron chi connectivity index (χ4n) is 2.83. The first-order valence-electron chi connectivity index (χ1n) is 8.90. The van der Waals surface area contributed by atoms with E-state index in [-0.39, 0.29) is 5.84 Å². The highest BCUT2D eigenvalue weighted by molar-refractivity contribution is 8.00. The second-order valence-electron chi connectivity index (χ2n) is 6.10. The Morgan fingerprint density at radius 3 is 2.43 bits per heavy atom. The molecule has 6 N–H and O–H groups in total. The zero-order valence-electron chi connectivity index (χ0n) is 16.5. The number of hydrogen-bond acceptors (Lipinski definition) is 7. The predicted molar refractivity (Wildman–Crippen MR) is 124 cm³/mol. The number of hydrazone groups is 1. The van der Waals surface area contributed by atoms with Crippen molar-refractivity contribution in [3.05, 3.63) is 71.2 Å². The first kappa shape index (κ1) is 21.6. The fraction of sp³-hybridized carbons (Fsp3) is 0.0952. The number of nitrogens with two attached hydrogens (primary N) is 2. The summed E-state index contributed by atoms with van der Waals surface area (Å²) in [7, 11) is 3.18. The maximum absolute atomic E-state index is 6.37. The first-order valence-corrected chi connectivity index (χ1v) is 10.1. The van der Waals surface area contributed by atoms with Crippen molar-refractivity contribution in [3.63, 3.8) is 0 Å². The monoisotopic (exact) mass is 443 g/mol. The second kappa shape index (κ2) is 10.1. The molecule has 0 amide bonds. The smallest absolute Gasteiger partial charge is 0.152 e. The van der Waals surface area contributed by atoms with Crippen molar-refractivity contribution < 1.29 is 9.47 Å². The van der Waals surface area contributed by atoms with Crippen LogP contribution in [-0.4, -0.2) is 20.1 Å². The Morgan fingerprint density at radius 1 is 1.00 bits per heavy atom. The van der Waals surface area contributed by atoms with Gasteiger partial charge >= 0.3 is 0 Å². The summed E-state index contributed by atoms with van der Waals surface area (Å²) in [6.45, 7) is 0. The van der Waals surface area contributed by atoms with Crippen LogP contribution in [0.15, 0.2) is 70.7 Å². The standard InChI is InChI=1S/C21H22ClN5O2S/c1-28-18-9-8-14(13-6-4-3-5-7-13)11-17(18)26-30-19-12-15(21(23)25-27-24)10-16(22)20(19)29-2/h3-12,26-27H,24H2,1-2H3,(H2,23,25). The molecule has 0 saturated carbocycles.